The van der Waals surface area contributed by atoms with E-state index in [4.69, 9.17) is 10.2 Å². The van der Waals surface area contributed by atoms with E-state index in [0.717, 1.165) is 35.8 Å². The number of nitrogens with two attached hydrogens (primary N) is 1. The van der Waals surface area contributed by atoms with Crippen LogP contribution in [0.4, 0.5) is 0 Å². The van der Waals surface area contributed by atoms with Crippen LogP contribution < -0.4 is 5.73 Å². The summed E-state index contributed by atoms with van der Waals surface area (Å²) in [6.07, 6.45) is 6.61. The third-order valence-electron chi connectivity index (χ3n) is 5.45. The molecule has 3 aromatic rings. The second-order valence-corrected chi connectivity index (χ2v) is 6.76. The van der Waals surface area contributed by atoms with Crippen molar-refractivity contribution in [3.63, 3.8) is 0 Å². The van der Waals surface area contributed by atoms with Crippen LogP contribution in [0, 0.1) is 0 Å². The molecule has 2 aromatic heterocycles. The van der Waals surface area contributed by atoms with Gasteiger partial charge in [0.05, 0.1) is 12.1 Å². The van der Waals surface area contributed by atoms with Crippen molar-refractivity contribution < 1.29 is 9.21 Å². The van der Waals surface area contributed by atoms with E-state index in [-0.39, 0.29) is 11.4 Å². The highest BCUT2D eigenvalue weighted by Gasteiger charge is 2.43. The van der Waals surface area contributed by atoms with Gasteiger partial charge in [-0.05, 0) is 31.4 Å². The molecule has 1 aliphatic rings. The lowest BCUT2D eigenvalue weighted by Gasteiger charge is -2.47. The number of hydrogen-bond donors (Lipinski definition) is 1. The number of para-hydroxylation sites is 1. The number of fused-ring (bicyclic) bond motifs is 1. The van der Waals surface area contributed by atoms with Gasteiger partial charge in [0.15, 0.2) is 5.76 Å². The van der Waals surface area contributed by atoms with Gasteiger partial charge in [0, 0.05) is 36.9 Å². The van der Waals surface area contributed by atoms with Gasteiger partial charge in [-0.3, -0.25) is 9.48 Å². The van der Waals surface area contributed by atoms with Gasteiger partial charge >= 0.3 is 0 Å². The Morgan fingerprint density at radius 2 is 2.16 bits per heavy atom. The minimum atomic E-state index is -0.237. The molecule has 0 spiro atoms. The molecule has 1 saturated carbocycles. The molecular weight excluding hydrogens is 316 g/mol. The number of benzene rings is 1. The lowest BCUT2D eigenvalue weighted by Crippen LogP contribution is -2.58. The monoisotopic (exact) mass is 338 g/mol. The van der Waals surface area contributed by atoms with E-state index < -0.39 is 0 Å². The predicted octanol–water partition coefficient (Wildman–Crippen LogP) is 2.63. The minimum Gasteiger partial charge on any atom is -0.451 e. The van der Waals surface area contributed by atoms with E-state index >= 15 is 0 Å². The second-order valence-electron chi connectivity index (χ2n) is 6.76. The highest BCUT2D eigenvalue weighted by Crippen LogP contribution is 2.38. The van der Waals surface area contributed by atoms with Crippen LogP contribution >= 0.6 is 0 Å². The molecule has 6 nitrogen and oxygen atoms in total. The zero-order valence-electron chi connectivity index (χ0n) is 14.3. The number of carbonyl (C=O) groups excluding carboxylic acids is 1. The van der Waals surface area contributed by atoms with Gasteiger partial charge in [-0.25, -0.2) is 0 Å². The quantitative estimate of drug-likeness (QED) is 0.776. The second kappa shape index (κ2) is 6.04. The molecule has 130 valence electrons. The summed E-state index contributed by atoms with van der Waals surface area (Å²) in [6, 6.07) is 9.61. The topological polar surface area (TPSA) is 77.3 Å². The SMILES string of the molecule is CN(C(=O)c1oc2ccccc2c1Cn1cccn1)C1(CN)CCC1. The Labute approximate surface area is 146 Å². The first kappa shape index (κ1) is 15.9. The molecular formula is C19H22N4O2. The van der Waals surface area contributed by atoms with Crippen molar-refractivity contribution in [3.8, 4) is 0 Å². The molecule has 2 N–H and O–H groups in total. The molecule has 0 atom stereocenters. The zero-order valence-corrected chi connectivity index (χ0v) is 14.3. The largest absolute Gasteiger partial charge is 0.451 e. The highest BCUT2D eigenvalue weighted by atomic mass is 16.3. The van der Waals surface area contributed by atoms with Crippen molar-refractivity contribution in [3.05, 3.63) is 54.0 Å². The van der Waals surface area contributed by atoms with Crippen molar-refractivity contribution in [1.82, 2.24) is 14.7 Å². The third-order valence-corrected chi connectivity index (χ3v) is 5.45. The number of nitrogens with zero attached hydrogens (tertiary/aromatic N) is 3. The molecule has 25 heavy (non-hydrogen) atoms. The fourth-order valence-corrected chi connectivity index (χ4v) is 3.61. The maximum atomic E-state index is 13.2. The van der Waals surface area contributed by atoms with Crippen LogP contribution in [0.25, 0.3) is 11.0 Å². The van der Waals surface area contributed by atoms with Crippen molar-refractivity contribution in [1.29, 1.82) is 0 Å². The van der Waals surface area contributed by atoms with Crippen molar-refractivity contribution in [2.75, 3.05) is 13.6 Å². The number of rotatable bonds is 5. The summed E-state index contributed by atoms with van der Waals surface area (Å²) in [7, 11) is 1.83. The summed E-state index contributed by atoms with van der Waals surface area (Å²) in [6.45, 7) is 0.971. The number of amides is 1. The molecule has 0 saturated heterocycles. The van der Waals surface area contributed by atoms with Gasteiger partial charge in [0.2, 0.25) is 0 Å². The normalized spacial score (nSPS) is 15.9. The van der Waals surface area contributed by atoms with Crippen molar-refractivity contribution in [2.24, 2.45) is 5.73 Å². The summed E-state index contributed by atoms with van der Waals surface area (Å²) >= 11 is 0. The Hall–Kier alpha value is -2.60. The Balaban J connectivity index is 1.76. The average molecular weight is 338 g/mol. The Morgan fingerprint density at radius 3 is 2.80 bits per heavy atom. The van der Waals surface area contributed by atoms with Crippen LogP contribution in [0.15, 0.2) is 47.1 Å². The van der Waals surface area contributed by atoms with Gasteiger partial charge in [-0.2, -0.15) is 5.10 Å². The molecule has 1 aromatic carbocycles. The van der Waals surface area contributed by atoms with E-state index in [1.54, 1.807) is 15.8 Å². The minimum absolute atomic E-state index is 0.108. The number of likely N-dealkylation sites (N-methyl/N-ethyl adjacent to an activating group) is 1. The van der Waals surface area contributed by atoms with E-state index in [9.17, 15) is 4.79 Å². The first-order valence-electron chi connectivity index (χ1n) is 8.61. The molecule has 0 bridgehead atoms. The van der Waals surface area contributed by atoms with Crippen molar-refractivity contribution >= 4 is 16.9 Å². The summed E-state index contributed by atoms with van der Waals surface area (Å²) < 4.78 is 7.77. The van der Waals surface area contributed by atoms with E-state index in [1.165, 1.54) is 0 Å². The van der Waals surface area contributed by atoms with Gasteiger partial charge in [-0.1, -0.05) is 18.2 Å². The van der Waals surface area contributed by atoms with E-state index in [1.807, 2.05) is 43.6 Å². The lowest BCUT2D eigenvalue weighted by atomic mass is 9.75. The van der Waals surface area contributed by atoms with Crippen LogP contribution in [0.1, 0.15) is 35.4 Å². The van der Waals surface area contributed by atoms with Crippen LogP contribution in [0.5, 0.6) is 0 Å². The molecule has 0 unspecified atom stereocenters. The van der Waals surface area contributed by atoms with Gasteiger partial charge < -0.3 is 15.1 Å². The molecule has 2 heterocycles. The first-order valence-corrected chi connectivity index (χ1v) is 8.61. The maximum absolute atomic E-state index is 13.2. The molecule has 6 heteroatoms. The van der Waals surface area contributed by atoms with E-state index in [2.05, 4.69) is 5.10 Å². The predicted molar refractivity (Wildman–Crippen MR) is 95.3 cm³/mol. The van der Waals surface area contributed by atoms with Crippen LogP contribution in [-0.2, 0) is 6.54 Å². The summed E-state index contributed by atoms with van der Waals surface area (Å²) in [5.74, 6) is 0.280. The summed E-state index contributed by atoms with van der Waals surface area (Å²) in [5, 5.41) is 5.21. The number of aromatic nitrogens is 2. The van der Waals surface area contributed by atoms with Gasteiger partial charge in [0.25, 0.3) is 5.91 Å². The lowest BCUT2D eigenvalue weighted by molar-refractivity contribution is 0.0295. The zero-order chi connectivity index (χ0) is 17.4. The fourth-order valence-electron chi connectivity index (χ4n) is 3.61. The van der Waals surface area contributed by atoms with Crippen molar-refractivity contribution in [2.45, 2.75) is 31.3 Å². The maximum Gasteiger partial charge on any atom is 0.290 e. The Bertz CT molecular complexity index is 888. The van der Waals surface area contributed by atoms with Crippen LogP contribution in [-0.4, -0.2) is 39.7 Å². The molecule has 1 fully saturated rings. The number of carbonyl (C=O) groups is 1. The highest BCUT2D eigenvalue weighted by molar-refractivity contribution is 5.99. The average Bonchev–Trinajstić information content (AvgIpc) is 3.22. The van der Waals surface area contributed by atoms with Gasteiger partial charge in [0.1, 0.15) is 5.58 Å². The number of hydrogen-bond acceptors (Lipinski definition) is 4. The molecule has 0 radical (unpaired) electrons. The molecule has 1 amide bonds. The molecule has 0 aliphatic heterocycles. The first-order chi connectivity index (χ1) is 12.1. The smallest absolute Gasteiger partial charge is 0.290 e. The summed E-state index contributed by atoms with van der Waals surface area (Å²) in [5.41, 5.74) is 7.32. The standard InChI is InChI=1S/C19H22N4O2/c1-22(19(13-20)8-4-9-19)18(24)17-15(12-23-11-5-10-21-23)14-6-2-3-7-16(14)25-17/h2-3,5-7,10-11H,4,8-9,12-13,20H2,1H3. The summed E-state index contributed by atoms with van der Waals surface area (Å²) in [4.78, 5) is 15.0. The number of furan rings is 1. The Kier molecular flexibility index (Phi) is 3.84. The fraction of sp³-hybridized carbons (Fsp3) is 0.368. The Morgan fingerprint density at radius 1 is 1.36 bits per heavy atom. The van der Waals surface area contributed by atoms with Crippen LogP contribution in [0.2, 0.25) is 0 Å². The third kappa shape index (κ3) is 2.53. The molecule has 4 rings (SSSR count). The van der Waals surface area contributed by atoms with Crippen LogP contribution in [0.3, 0.4) is 0 Å². The van der Waals surface area contributed by atoms with E-state index in [0.29, 0.717) is 18.8 Å². The van der Waals surface area contributed by atoms with Gasteiger partial charge in [-0.15, -0.1) is 0 Å². The molecule has 1 aliphatic carbocycles.